The maximum Gasteiger partial charge on any atom is 0.260 e. The number of benzene rings is 2. The summed E-state index contributed by atoms with van der Waals surface area (Å²) >= 11 is 0. The summed E-state index contributed by atoms with van der Waals surface area (Å²) in [6.45, 7) is 1.99. The van der Waals surface area contributed by atoms with E-state index in [4.69, 9.17) is 14.7 Å². The number of nitrogens with one attached hydrogen (secondary N) is 1. The topological polar surface area (TPSA) is 91.7 Å². The van der Waals surface area contributed by atoms with Gasteiger partial charge in [-0.1, -0.05) is 31.2 Å². The molecule has 7 heteroatoms. The van der Waals surface area contributed by atoms with Crippen LogP contribution in [0.25, 0.3) is 0 Å². The lowest BCUT2D eigenvalue weighted by Crippen LogP contribution is -2.41. The molecule has 146 valence electrons. The molecule has 0 heterocycles. The standard InChI is InChI=1S/C21H23N3O4/c1-3-12-24(14-20(25)23-17-9-5-7-11-19(17)27-2)21(26)15-28-18-10-6-4-8-16(18)13-22/h4-11H,3,12,14-15H2,1-2H3,(H,23,25). The van der Waals surface area contributed by atoms with Crippen molar-refractivity contribution in [2.75, 3.05) is 32.1 Å². The zero-order valence-corrected chi connectivity index (χ0v) is 16.0. The third-order valence-electron chi connectivity index (χ3n) is 3.92. The maximum absolute atomic E-state index is 12.5. The summed E-state index contributed by atoms with van der Waals surface area (Å²) in [5.74, 6) is 0.224. The number of carbonyl (C=O) groups is 2. The fourth-order valence-corrected chi connectivity index (χ4v) is 2.59. The normalized spacial score (nSPS) is 9.89. The smallest absolute Gasteiger partial charge is 0.260 e. The Bertz CT molecular complexity index is 861. The second kappa shape index (κ2) is 10.6. The average Bonchev–Trinajstić information content (AvgIpc) is 2.72. The number of methoxy groups -OCH3 is 1. The largest absolute Gasteiger partial charge is 0.495 e. The van der Waals surface area contributed by atoms with Crippen LogP contribution in [0.3, 0.4) is 0 Å². The molecule has 2 aromatic carbocycles. The second-order valence-electron chi connectivity index (χ2n) is 5.96. The molecule has 28 heavy (non-hydrogen) atoms. The molecule has 0 aromatic heterocycles. The molecule has 0 aliphatic heterocycles. The molecule has 0 saturated carbocycles. The van der Waals surface area contributed by atoms with Crippen LogP contribution in [0.5, 0.6) is 11.5 Å². The fourth-order valence-electron chi connectivity index (χ4n) is 2.59. The van der Waals surface area contributed by atoms with Crippen LogP contribution in [-0.2, 0) is 9.59 Å². The highest BCUT2D eigenvalue weighted by atomic mass is 16.5. The van der Waals surface area contributed by atoms with E-state index in [2.05, 4.69) is 5.32 Å². The first-order chi connectivity index (χ1) is 13.6. The third kappa shape index (κ3) is 5.74. The predicted octanol–water partition coefficient (Wildman–Crippen LogP) is 2.82. The Balaban J connectivity index is 1.98. The van der Waals surface area contributed by atoms with Gasteiger partial charge in [0.15, 0.2) is 6.61 Å². The number of rotatable bonds is 9. The van der Waals surface area contributed by atoms with Crippen LogP contribution in [0.4, 0.5) is 5.69 Å². The average molecular weight is 381 g/mol. The second-order valence-corrected chi connectivity index (χ2v) is 5.96. The molecule has 0 atom stereocenters. The van der Waals surface area contributed by atoms with Gasteiger partial charge in [0.25, 0.3) is 5.91 Å². The molecule has 2 amide bonds. The fraction of sp³-hybridized carbons (Fsp3) is 0.286. The van der Waals surface area contributed by atoms with Crippen molar-refractivity contribution >= 4 is 17.5 Å². The molecule has 0 spiro atoms. The van der Waals surface area contributed by atoms with E-state index in [-0.39, 0.29) is 25.0 Å². The molecule has 0 unspecified atom stereocenters. The Morgan fingerprint density at radius 1 is 1.11 bits per heavy atom. The van der Waals surface area contributed by atoms with E-state index in [0.717, 1.165) is 0 Å². The summed E-state index contributed by atoms with van der Waals surface area (Å²) in [5.41, 5.74) is 0.893. The van der Waals surface area contributed by atoms with Crippen molar-refractivity contribution in [3.8, 4) is 17.6 Å². The van der Waals surface area contributed by atoms with E-state index in [1.54, 1.807) is 48.5 Å². The number of ether oxygens (including phenoxy) is 2. The van der Waals surface area contributed by atoms with Gasteiger partial charge in [-0.2, -0.15) is 5.26 Å². The van der Waals surface area contributed by atoms with Crippen LogP contribution in [0, 0.1) is 11.3 Å². The summed E-state index contributed by atoms with van der Waals surface area (Å²) in [4.78, 5) is 26.4. The number of nitriles is 1. The minimum Gasteiger partial charge on any atom is -0.495 e. The van der Waals surface area contributed by atoms with Crippen molar-refractivity contribution < 1.29 is 19.1 Å². The zero-order chi connectivity index (χ0) is 20.4. The molecule has 1 N–H and O–H groups in total. The highest BCUT2D eigenvalue weighted by Gasteiger charge is 2.18. The van der Waals surface area contributed by atoms with Gasteiger partial charge in [-0.15, -0.1) is 0 Å². The van der Waals surface area contributed by atoms with Gasteiger partial charge in [-0.3, -0.25) is 9.59 Å². The molecule has 0 saturated heterocycles. The van der Waals surface area contributed by atoms with Crippen molar-refractivity contribution in [1.29, 1.82) is 5.26 Å². The highest BCUT2D eigenvalue weighted by molar-refractivity contribution is 5.95. The summed E-state index contributed by atoms with van der Waals surface area (Å²) in [7, 11) is 1.52. The molecule has 2 rings (SSSR count). The molecule has 0 aliphatic rings. The van der Waals surface area contributed by atoms with Crippen LogP contribution in [0.1, 0.15) is 18.9 Å². The number of carbonyl (C=O) groups excluding carboxylic acids is 2. The zero-order valence-electron chi connectivity index (χ0n) is 16.0. The molecule has 0 bridgehead atoms. The Morgan fingerprint density at radius 3 is 2.46 bits per heavy atom. The van der Waals surface area contributed by atoms with Gasteiger partial charge in [0.1, 0.15) is 17.6 Å². The molecule has 7 nitrogen and oxygen atoms in total. The minimum absolute atomic E-state index is 0.103. The first-order valence-corrected chi connectivity index (χ1v) is 8.91. The third-order valence-corrected chi connectivity index (χ3v) is 3.92. The van der Waals surface area contributed by atoms with Crippen LogP contribution < -0.4 is 14.8 Å². The van der Waals surface area contributed by atoms with Gasteiger partial charge in [0, 0.05) is 6.54 Å². The van der Waals surface area contributed by atoms with E-state index >= 15 is 0 Å². The first kappa shape index (κ1) is 20.8. The highest BCUT2D eigenvalue weighted by Crippen LogP contribution is 2.23. The molecular formula is C21H23N3O4. The minimum atomic E-state index is -0.330. The SMILES string of the molecule is CCCN(CC(=O)Nc1ccccc1OC)C(=O)COc1ccccc1C#N. The monoisotopic (exact) mass is 381 g/mol. The quantitative estimate of drug-likeness (QED) is 0.721. The van der Waals surface area contributed by atoms with Crippen molar-refractivity contribution in [1.82, 2.24) is 4.90 Å². The van der Waals surface area contributed by atoms with Crippen LogP contribution >= 0.6 is 0 Å². The van der Waals surface area contributed by atoms with Crippen LogP contribution in [-0.4, -0.2) is 43.5 Å². The van der Waals surface area contributed by atoms with Crippen molar-refractivity contribution in [2.24, 2.45) is 0 Å². The van der Waals surface area contributed by atoms with Gasteiger partial charge in [0.2, 0.25) is 5.91 Å². The van der Waals surface area contributed by atoms with Crippen molar-refractivity contribution in [3.63, 3.8) is 0 Å². The summed E-state index contributed by atoms with van der Waals surface area (Å²) in [5, 5.41) is 11.8. The summed E-state index contributed by atoms with van der Waals surface area (Å²) in [6.07, 6.45) is 0.697. The number of hydrogen-bond acceptors (Lipinski definition) is 5. The predicted molar refractivity (Wildman–Crippen MR) is 105 cm³/mol. The van der Waals surface area contributed by atoms with E-state index in [0.29, 0.717) is 35.7 Å². The Morgan fingerprint density at radius 2 is 1.79 bits per heavy atom. The van der Waals surface area contributed by atoms with Crippen molar-refractivity contribution in [3.05, 3.63) is 54.1 Å². The maximum atomic E-state index is 12.5. The van der Waals surface area contributed by atoms with Gasteiger partial charge < -0.3 is 19.7 Å². The number of para-hydroxylation sites is 3. The molecule has 0 radical (unpaired) electrons. The lowest BCUT2D eigenvalue weighted by molar-refractivity contribution is -0.136. The molecule has 0 aliphatic carbocycles. The van der Waals surface area contributed by atoms with Gasteiger partial charge >= 0.3 is 0 Å². The van der Waals surface area contributed by atoms with Crippen molar-refractivity contribution in [2.45, 2.75) is 13.3 Å². The number of hydrogen-bond donors (Lipinski definition) is 1. The lowest BCUT2D eigenvalue weighted by atomic mass is 10.2. The van der Waals surface area contributed by atoms with Gasteiger partial charge in [0.05, 0.1) is 24.9 Å². The van der Waals surface area contributed by atoms with E-state index < -0.39 is 0 Å². The lowest BCUT2D eigenvalue weighted by Gasteiger charge is -2.22. The number of anilines is 1. The van der Waals surface area contributed by atoms with Crippen LogP contribution in [0.2, 0.25) is 0 Å². The first-order valence-electron chi connectivity index (χ1n) is 8.91. The number of amides is 2. The number of nitrogens with zero attached hydrogens (tertiary/aromatic N) is 2. The Hall–Kier alpha value is -3.53. The summed E-state index contributed by atoms with van der Waals surface area (Å²) < 4.78 is 10.7. The Labute approximate surface area is 164 Å². The van der Waals surface area contributed by atoms with Crippen LogP contribution in [0.15, 0.2) is 48.5 Å². The van der Waals surface area contributed by atoms with E-state index in [9.17, 15) is 9.59 Å². The molecule has 0 fully saturated rings. The van der Waals surface area contributed by atoms with Gasteiger partial charge in [-0.05, 0) is 30.7 Å². The summed E-state index contributed by atoms with van der Waals surface area (Å²) in [6, 6.07) is 15.8. The van der Waals surface area contributed by atoms with Gasteiger partial charge in [-0.25, -0.2) is 0 Å². The Kier molecular flexibility index (Phi) is 7.85. The van der Waals surface area contributed by atoms with E-state index in [1.807, 2.05) is 13.0 Å². The molecule has 2 aromatic rings. The molecular weight excluding hydrogens is 358 g/mol. The van der Waals surface area contributed by atoms with E-state index in [1.165, 1.54) is 12.0 Å².